The fourth-order valence-electron chi connectivity index (χ4n) is 4.13. The van der Waals surface area contributed by atoms with Gasteiger partial charge in [0.2, 0.25) is 5.76 Å². The molecule has 5 nitrogen and oxygen atoms in total. The lowest BCUT2D eigenvalue weighted by atomic mass is 9.76. The molecule has 1 spiro atoms. The van der Waals surface area contributed by atoms with E-state index in [0.29, 0.717) is 12.6 Å². The van der Waals surface area contributed by atoms with Crippen LogP contribution in [0.2, 0.25) is 0 Å². The van der Waals surface area contributed by atoms with Crippen LogP contribution >= 0.6 is 0 Å². The number of aromatic carboxylic acids is 1. The Morgan fingerprint density at radius 2 is 2.29 bits per heavy atom. The molecule has 5 heteroatoms. The molecule has 1 aliphatic carbocycles. The molecule has 1 saturated heterocycles. The van der Waals surface area contributed by atoms with Crippen LogP contribution in [0.4, 0.5) is 0 Å². The summed E-state index contributed by atoms with van der Waals surface area (Å²) in [6.07, 6.45) is 6.42. The fourth-order valence-corrected chi connectivity index (χ4v) is 4.13. The van der Waals surface area contributed by atoms with Crippen LogP contribution < -0.4 is 0 Å². The highest BCUT2D eigenvalue weighted by Crippen LogP contribution is 2.46. The minimum Gasteiger partial charge on any atom is -0.475 e. The molecule has 0 aromatic carbocycles. The maximum atomic E-state index is 10.9. The third-order valence-corrected chi connectivity index (χ3v) is 5.05. The second-order valence-electron chi connectivity index (χ2n) is 6.36. The Balaban J connectivity index is 1.67. The van der Waals surface area contributed by atoms with Gasteiger partial charge >= 0.3 is 5.97 Å². The first-order chi connectivity index (χ1) is 10.1. The van der Waals surface area contributed by atoms with Crippen LogP contribution in [0.1, 0.15) is 48.4 Å². The number of piperidine rings is 1. The van der Waals surface area contributed by atoms with Crippen molar-refractivity contribution in [3.63, 3.8) is 0 Å². The number of carboxylic acids is 1. The van der Waals surface area contributed by atoms with Crippen molar-refractivity contribution in [2.75, 3.05) is 20.2 Å². The summed E-state index contributed by atoms with van der Waals surface area (Å²) in [6, 6.07) is 3.30. The number of ether oxygens (including phenoxy) is 1. The van der Waals surface area contributed by atoms with Gasteiger partial charge in [-0.2, -0.15) is 0 Å². The van der Waals surface area contributed by atoms with Crippen molar-refractivity contribution in [1.82, 2.24) is 4.90 Å². The Morgan fingerprint density at radius 1 is 1.48 bits per heavy atom. The van der Waals surface area contributed by atoms with Gasteiger partial charge in [0.05, 0.1) is 12.6 Å². The molecule has 1 aromatic heterocycles. The van der Waals surface area contributed by atoms with E-state index in [1.807, 2.05) is 7.11 Å². The number of rotatable bonds is 4. The van der Waals surface area contributed by atoms with Crippen LogP contribution in [0.15, 0.2) is 16.5 Å². The van der Waals surface area contributed by atoms with Crippen LogP contribution in [0, 0.1) is 5.41 Å². The number of carboxylic acid groups (broad SMARTS) is 1. The monoisotopic (exact) mass is 293 g/mol. The molecule has 2 atom stereocenters. The molecule has 0 amide bonds. The SMILES string of the molecule is CO[C@@H]1CCC[C@]12CCCN(Cc1ccc(C(=O)O)o1)C2. The average Bonchev–Trinajstić information content (AvgIpc) is 3.06. The van der Waals surface area contributed by atoms with Gasteiger partial charge in [-0.25, -0.2) is 4.79 Å². The summed E-state index contributed by atoms with van der Waals surface area (Å²) in [5.41, 5.74) is 0.287. The van der Waals surface area contributed by atoms with E-state index in [0.717, 1.165) is 25.3 Å². The molecular formula is C16H23NO4. The first kappa shape index (κ1) is 14.6. The zero-order valence-corrected chi connectivity index (χ0v) is 12.5. The quantitative estimate of drug-likeness (QED) is 0.925. The molecule has 3 rings (SSSR count). The maximum absolute atomic E-state index is 10.9. The number of hydrogen-bond donors (Lipinski definition) is 1. The van der Waals surface area contributed by atoms with Gasteiger partial charge in [0.15, 0.2) is 0 Å². The minimum absolute atomic E-state index is 0.0207. The number of furan rings is 1. The highest BCUT2D eigenvalue weighted by Gasteiger charge is 2.45. The smallest absolute Gasteiger partial charge is 0.371 e. The predicted octanol–water partition coefficient (Wildman–Crippen LogP) is 2.76. The van der Waals surface area contributed by atoms with Crippen molar-refractivity contribution in [1.29, 1.82) is 0 Å². The Labute approximate surface area is 124 Å². The summed E-state index contributed by atoms with van der Waals surface area (Å²) in [4.78, 5) is 13.2. The van der Waals surface area contributed by atoms with Crippen molar-refractivity contribution >= 4 is 5.97 Å². The van der Waals surface area contributed by atoms with Crippen LogP contribution in [0.3, 0.4) is 0 Å². The van der Waals surface area contributed by atoms with Gasteiger partial charge in [-0.15, -0.1) is 0 Å². The van der Waals surface area contributed by atoms with Crippen molar-refractivity contribution in [3.8, 4) is 0 Å². The van der Waals surface area contributed by atoms with E-state index >= 15 is 0 Å². The Morgan fingerprint density at radius 3 is 3.00 bits per heavy atom. The van der Waals surface area contributed by atoms with E-state index in [-0.39, 0.29) is 11.2 Å². The summed E-state index contributed by atoms with van der Waals surface area (Å²) >= 11 is 0. The topological polar surface area (TPSA) is 62.9 Å². The predicted molar refractivity (Wildman–Crippen MR) is 77.3 cm³/mol. The van der Waals surface area contributed by atoms with Crippen molar-refractivity contribution in [3.05, 3.63) is 23.7 Å². The minimum atomic E-state index is -1.01. The van der Waals surface area contributed by atoms with Crippen LogP contribution in [0.25, 0.3) is 0 Å². The summed E-state index contributed by atoms with van der Waals surface area (Å²) in [7, 11) is 1.82. The zero-order chi connectivity index (χ0) is 14.9. The second kappa shape index (κ2) is 5.81. The summed E-state index contributed by atoms with van der Waals surface area (Å²) in [5.74, 6) is -0.254. The van der Waals surface area contributed by atoms with Gasteiger partial charge in [0, 0.05) is 19.1 Å². The lowest BCUT2D eigenvalue weighted by molar-refractivity contribution is -0.0378. The molecule has 0 unspecified atom stereocenters. The van der Waals surface area contributed by atoms with Gasteiger partial charge in [-0.3, -0.25) is 4.90 Å². The third-order valence-electron chi connectivity index (χ3n) is 5.05. The molecule has 2 fully saturated rings. The first-order valence-electron chi connectivity index (χ1n) is 7.70. The van der Waals surface area contributed by atoms with Gasteiger partial charge < -0.3 is 14.3 Å². The van der Waals surface area contributed by atoms with E-state index in [1.165, 1.54) is 31.7 Å². The van der Waals surface area contributed by atoms with Crippen molar-refractivity contribution < 1.29 is 19.1 Å². The molecule has 116 valence electrons. The number of methoxy groups -OCH3 is 1. The Hall–Kier alpha value is -1.33. The van der Waals surface area contributed by atoms with E-state index in [1.54, 1.807) is 6.07 Å². The maximum Gasteiger partial charge on any atom is 0.371 e. The lowest BCUT2D eigenvalue weighted by Gasteiger charge is -2.43. The summed E-state index contributed by atoms with van der Waals surface area (Å²) < 4.78 is 11.1. The van der Waals surface area contributed by atoms with E-state index in [2.05, 4.69) is 4.90 Å². The standard InChI is InChI=1S/C16H23NO4/c1-20-14-4-2-7-16(14)8-3-9-17(11-16)10-12-5-6-13(21-12)15(18)19/h5-6,14H,2-4,7-11H2,1H3,(H,18,19)/t14-,16-/m1/s1. The fraction of sp³-hybridized carbons (Fsp3) is 0.688. The van der Waals surface area contributed by atoms with E-state index in [9.17, 15) is 4.79 Å². The van der Waals surface area contributed by atoms with Gasteiger partial charge in [0.25, 0.3) is 0 Å². The molecule has 1 aromatic rings. The molecule has 2 heterocycles. The molecular weight excluding hydrogens is 270 g/mol. The molecule has 1 aliphatic heterocycles. The highest BCUT2D eigenvalue weighted by atomic mass is 16.5. The Bertz CT molecular complexity index is 512. The molecule has 1 N–H and O–H groups in total. The molecule has 1 saturated carbocycles. The lowest BCUT2D eigenvalue weighted by Crippen LogP contribution is -2.47. The average molecular weight is 293 g/mol. The molecule has 0 radical (unpaired) electrons. The second-order valence-corrected chi connectivity index (χ2v) is 6.36. The number of likely N-dealkylation sites (tertiary alicyclic amines) is 1. The van der Waals surface area contributed by atoms with Gasteiger partial charge in [0.1, 0.15) is 5.76 Å². The third kappa shape index (κ3) is 2.85. The normalized spacial score (nSPS) is 30.0. The molecule has 0 bridgehead atoms. The van der Waals surface area contributed by atoms with Crippen LogP contribution in [-0.2, 0) is 11.3 Å². The van der Waals surface area contributed by atoms with E-state index in [4.69, 9.17) is 14.3 Å². The molecule has 2 aliphatic rings. The number of hydrogen-bond acceptors (Lipinski definition) is 4. The first-order valence-corrected chi connectivity index (χ1v) is 7.70. The Kier molecular flexibility index (Phi) is 4.04. The van der Waals surface area contributed by atoms with Crippen molar-refractivity contribution in [2.45, 2.75) is 44.8 Å². The van der Waals surface area contributed by atoms with Crippen molar-refractivity contribution in [2.24, 2.45) is 5.41 Å². The summed E-state index contributed by atoms with van der Waals surface area (Å²) in [6.45, 7) is 2.75. The molecule has 21 heavy (non-hydrogen) atoms. The largest absolute Gasteiger partial charge is 0.475 e. The zero-order valence-electron chi connectivity index (χ0n) is 12.5. The van der Waals surface area contributed by atoms with Crippen LogP contribution in [-0.4, -0.2) is 42.3 Å². The van der Waals surface area contributed by atoms with E-state index < -0.39 is 5.97 Å². The summed E-state index contributed by atoms with van der Waals surface area (Å²) in [5, 5.41) is 8.91. The van der Waals surface area contributed by atoms with Crippen LogP contribution in [0.5, 0.6) is 0 Å². The van der Waals surface area contributed by atoms with Gasteiger partial charge in [-0.05, 0) is 44.4 Å². The number of nitrogens with zero attached hydrogens (tertiary/aromatic N) is 1. The highest BCUT2D eigenvalue weighted by molar-refractivity contribution is 5.84. The number of carbonyl (C=O) groups is 1. The van der Waals surface area contributed by atoms with Gasteiger partial charge in [-0.1, -0.05) is 6.42 Å².